The summed E-state index contributed by atoms with van der Waals surface area (Å²) in [5, 5.41) is 10.1. The highest BCUT2D eigenvalue weighted by Crippen LogP contribution is 2.43. The maximum absolute atomic E-state index is 5.04. The minimum absolute atomic E-state index is 0.645. The van der Waals surface area contributed by atoms with Gasteiger partial charge >= 0.3 is 0 Å². The van der Waals surface area contributed by atoms with E-state index in [-0.39, 0.29) is 0 Å². The van der Waals surface area contributed by atoms with Crippen LogP contribution >= 0.6 is 0 Å². The molecule has 0 fully saturated rings. The Balaban J connectivity index is 1.29. The van der Waals surface area contributed by atoms with Crippen LogP contribution in [0.5, 0.6) is 0 Å². The van der Waals surface area contributed by atoms with E-state index in [9.17, 15) is 0 Å². The highest BCUT2D eigenvalue weighted by atomic mass is 15.0. The lowest BCUT2D eigenvalue weighted by atomic mass is 9.92. The zero-order valence-electron chi connectivity index (χ0n) is 25.3. The van der Waals surface area contributed by atoms with Crippen molar-refractivity contribution in [3.63, 3.8) is 0 Å². The first kappa shape index (κ1) is 25.9. The van der Waals surface area contributed by atoms with Gasteiger partial charge in [0, 0.05) is 38.5 Å². The largest absolute Gasteiger partial charge is 0.309 e. The molecule has 0 aliphatic heterocycles. The Kier molecular flexibility index (Phi) is 5.54. The molecule has 47 heavy (non-hydrogen) atoms. The molecule has 4 heteroatoms. The number of hydrogen-bond donors (Lipinski definition) is 0. The number of hydrogen-bond acceptors (Lipinski definition) is 3. The maximum atomic E-state index is 5.04. The van der Waals surface area contributed by atoms with Gasteiger partial charge in [-0.25, -0.2) is 15.0 Å². The highest BCUT2D eigenvalue weighted by molar-refractivity contribution is 6.31. The quantitative estimate of drug-likeness (QED) is 0.189. The van der Waals surface area contributed by atoms with Crippen LogP contribution in [0, 0.1) is 0 Å². The number of nitrogens with zero attached hydrogens (tertiary/aromatic N) is 4. The van der Waals surface area contributed by atoms with Crippen molar-refractivity contribution in [3.05, 3.63) is 158 Å². The molecule has 2 aromatic heterocycles. The molecule has 218 valence electrons. The summed E-state index contributed by atoms with van der Waals surface area (Å²) in [5.41, 5.74) is 6.29. The molecule has 4 nitrogen and oxygen atoms in total. The zero-order chi connectivity index (χ0) is 30.9. The lowest BCUT2D eigenvalue weighted by Gasteiger charge is -2.14. The Hall–Kier alpha value is -6.39. The number of benzene rings is 8. The topological polar surface area (TPSA) is 43.6 Å². The number of para-hydroxylation sites is 1. The number of aromatic nitrogens is 4. The van der Waals surface area contributed by atoms with E-state index in [0.717, 1.165) is 27.9 Å². The van der Waals surface area contributed by atoms with Crippen molar-refractivity contribution in [2.45, 2.75) is 0 Å². The second-order valence-corrected chi connectivity index (χ2v) is 12.1. The summed E-state index contributed by atoms with van der Waals surface area (Å²) in [6, 6.07) is 55.6. The van der Waals surface area contributed by atoms with E-state index >= 15 is 0 Å². The molecule has 0 atom stereocenters. The number of fused-ring (bicyclic) bond motifs is 4. The molecule has 10 rings (SSSR count). The van der Waals surface area contributed by atoms with Gasteiger partial charge in [-0.15, -0.1) is 0 Å². The normalized spacial score (nSPS) is 11.8. The van der Waals surface area contributed by atoms with Gasteiger partial charge in [0.05, 0.1) is 11.0 Å². The Bertz CT molecular complexity index is 2690. The molecule has 0 bridgehead atoms. The molecule has 0 spiro atoms. The lowest BCUT2D eigenvalue weighted by molar-refractivity contribution is 1.07. The maximum Gasteiger partial charge on any atom is 0.164 e. The molecule has 0 N–H and O–H groups in total. The van der Waals surface area contributed by atoms with E-state index in [2.05, 4.69) is 102 Å². The van der Waals surface area contributed by atoms with Gasteiger partial charge in [-0.1, -0.05) is 133 Å². The monoisotopic (exact) mass is 598 g/mol. The van der Waals surface area contributed by atoms with E-state index < -0.39 is 0 Å². The fourth-order valence-electron chi connectivity index (χ4n) is 7.23. The van der Waals surface area contributed by atoms with Crippen LogP contribution in [-0.4, -0.2) is 19.5 Å². The third kappa shape index (κ3) is 3.98. The summed E-state index contributed by atoms with van der Waals surface area (Å²) in [7, 11) is 0. The lowest BCUT2D eigenvalue weighted by Crippen LogP contribution is -2.00. The fourth-order valence-corrected chi connectivity index (χ4v) is 7.23. The van der Waals surface area contributed by atoms with E-state index in [4.69, 9.17) is 15.0 Å². The predicted octanol–water partition coefficient (Wildman–Crippen LogP) is 10.9. The summed E-state index contributed by atoms with van der Waals surface area (Å²) in [5.74, 6) is 1.95. The van der Waals surface area contributed by atoms with Crippen molar-refractivity contribution in [2.75, 3.05) is 0 Å². The van der Waals surface area contributed by atoms with Crippen LogP contribution in [0.15, 0.2) is 158 Å². The molecule has 0 saturated heterocycles. The van der Waals surface area contributed by atoms with Gasteiger partial charge in [-0.3, -0.25) is 0 Å². The summed E-state index contributed by atoms with van der Waals surface area (Å²) in [4.78, 5) is 15.0. The van der Waals surface area contributed by atoms with Gasteiger partial charge in [0.2, 0.25) is 0 Å². The van der Waals surface area contributed by atoms with Crippen molar-refractivity contribution < 1.29 is 0 Å². The van der Waals surface area contributed by atoms with Crippen LogP contribution in [-0.2, 0) is 0 Å². The van der Waals surface area contributed by atoms with E-state index in [1.165, 1.54) is 48.6 Å². The summed E-state index contributed by atoms with van der Waals surface area (Å²) >= 11 is 0. The first-order valence-electron chi connectivity index (χ1n) is 15.9. The van der Waals surface area contributed by atoms with Crippen molar-refractivity contribution in [3.8, 4) is 39.9 Å². The molecule has 10 aromatic rings. The van der Waals surface area contributed by atoms with Gasteiger partial charge < -0.3 is 4.57 Å². The second-order valence-electron chi connectivity index (χ2n) is 12.1. The minimum atomic E-state index is 0.645. The van der Waals surface area contributed by atoms with Gasteiger partial charge in [0.1, 0.15) is 0 Å². The van der Waals surface area contributed by atoms with E-state index in [0.29, 0.717) is 17.5 Å². The number of rotatable bonds is 4. The molecule has 0 amide bonds. The average molecular weight is 599 g/mol. The van der Waals surface area contributed by atoms with Crippen molar-refractivity contribution in [2.24, 2.45) is 0 Å². The van der Waals surface area contributed by atoms with E-state index in [1.807, 2.05) is 60.7 Å². The molecule has 2 heterocycles. The summed E-state index contributed by atoms with van der Waals surface area (Å²) < 4.78 is 2.41. The van der Waals surface area contributed by atoms with E-state index in [1.54, 1.807) is 0 Å². The zero-order valence-corrected chi connectivity index (χ0v) is 25.3. The average Bonchev–Trinajstić information content (AvgIpc) is 3.48. The third-order valence-corrected chi connectivity index (χ3v) is 9.34. The van der Waals surface area contributed by atoms with Crippen molar-refractivity contribution in [1.82, 2.24) is 19.5 Å². The Labute approximate surface area is 270 Å². The molecular weight excluding hydrogens is 573 g/mol. The first-order chi connectivity index (χ1) is 23.3. The van der Waals surface area contributed by atoms with Crippen LogP contribution in [0.1, 0.15) is 0 Å². The SMILES string of the molecule is c1ccc(-c2nc(-c3ccccc3)nc(-c3ccc4c5cc6ccc7cccc8ccc(c6c78)c5n(-c5ccccc5)c4c3)n2)cc1. The van der Waals surface area contributed by atoms with Gasteiger partial charge in [-0.05, 0) is 51.2 Å². The Morgan fingerprint density at radius 1 is 0.362 bits per heavy atom. The Morgan fingerprint density at radius 3 is 1.57 bits per heavy atom. The van der Waals surface area contributed by atoms with Crippen LogP contribution < -0.4 is 0 Å². The molecule has 0 aliphatic carbocycles. The predicted molar refractivity (Wildman–Crippen MR) is 194 cm³/mol. The van der Waals surface area contributed by atoms with Crippen molar-refractivity contribution in [1.29, 1.82) is 0 Å². The standard InChI is InChI=1S/C43H26N4/c1-4-11-29(12-5-1)41-44-42(30-13-6-2-7-14-30)46-43(45-41)32-22-23-34-36-25-31-20-19-27-15-10-16-28-21-24-35(39(31)38(27)28)40(36)47(37(34)26-32)33-17-8-3-9-18-33/h1-26H. The van der Waals surface area contributed by atoms with Gasteiger partial charge in [0.25, 0.3) is 0 Å². The molecule has 8 aromatic carbocycles. The summed E-state index contributed by atoms with van der Waals surface area (Å²) in [6.07, 6.45) is 0. The molecule has 0 saturated carbocycles. The molecule has 0 aliphatic rings. The van der Waals surface area contributed by atoms with Crippen molar-refractivity contribution >= 4 is 54.1 Å². The third-order valence-electron chi connectivity index (χ3n) is 9.34. The molecular formula is C43H26N4. The van der Waals surface area contributed by atoms with Gasteiger partial charge in [-0.2, -0.15) is 0 Å². The van der Waals surface area contributed by atoms with Crippen LogP contribution in [0.2, 0.25) is 0 Å². The molecule has 0 unspecified atom stereocenters. The minimum Gasteiger partial charge on any atom is -0.309 e. The van der Waals surface area contributed by atoms with Crippen LogP contribution in [0.4, 0.5) is 0 Å². The first-order valence-corrected chi connectivity index (χ1v) is 15.9. The van der Waals surface area contributed by atoms with Crippen LogP contribution in [0.25, 0.3) is 94.0 Å². The fraction of sp³-hybridized carbons (Fsp3) is 0. The summed E-state index contributed by atoms with van der Waals surface area (Å²) in [6.45, 7) is 0. The highest BCUT2D eigenvalue weighted by Gasteiger charge is 2.20. The van der Waals surface area contributed by atoms with Crippen LogP contribution in [0.3, 0.4) is 0 Å². The Morgan fingerprint density at radius 2 is 0.915 bits per heavy atom. The smallest absolute Gasteiger partial charge is 0.164 e. The second kappa shape index (κ2) is 10.1. The van der Waals surface area contributed by atoms with Gasteiger partial charge in [0.15, 0.2) is 17.5 Å². The molecule has 0 radical (unpaired) electrons.